The molecule has 0 saturated heterocycles. The van der Waals surface area contributed by atoms with Crippen molar-refractivity contribution in [3.63, 3.8) is 0 Å². The molecule has 0 atom stereocenters. The largest absolute Gasteiger partial charge is 0.487 e. The van der Waals surface area contributed by atoms with Crippen LogP contribution in [0.3, 0.4) is 0 Å². The molecule has 0 fully saturated rings. The van der Waals surface area contributed by atoms with Crippen LogP contribution in [0.25, 0.3) is 11.6 Å². The van der Waals surface area contributed by atoms with Crippen molar-refractivity contribution in [3.05, 3.63) is 58.9 Å². The Morgan fingerprint density at radius 3 is 2.74 bits per heavy atom. The van der Waals surface area contributed by atoms with Crippen molar-refractivity contribution < 1.29 is 14.3 Å². The van der Waals surface area contributed by atoms with Crippen molar-refractivity contribution in [1.82, 2.24) is 0 Å². The third-order valence-electron chi connectivity index (χ3n) is 3.26. The van der Waals surface area contributed by atoms with Gasteiger partial charge in [-0.2, -0.15) is 0 Å². The van der Waals surface area contributed by atoms with Gasteiger partial charge < -0.3 is 9.47 Å². The van der Waals surface area contributed by atoms with E-state index in [1.807, 2.05) is 36.4 Å². The Hall–Kier alpha value is -2.13. The quantitative estimate of drug-likeness (QED) is 0.775. The van der Waals surface area contributed by atoms with Crippen LogP contribution in [0, 0.1) is 0 Å². The summed E-state index contributed by atoms with van der Waals surface area (Å²) in [5.41, 5.74) is 3.90. The number of ketones is 1. The van der Waals surface area contributed by atoms with Gasteiger partial charge >= 0.3 is 0 Å². The number of carbonyl (C=O) groups excluding carboxylic acids is 1. The van der Waals surface area contributed by atoms with Gasteiger partial charge in [-0.05, 0) is 34.9 Å². The van der Waals surface area contributed by atoms with Crippen molar-refractivity contribution in [2.75, 3.05) is 20.3 Å². The van der Waals surface area contributed by atoms with Crippen LogP contribution in [-0.4, -0.2) is 26.1 Å². The molecule has 3 nitrogen and oxygen atoms in total. The first-order valence-electron chi connectivity index (χ1n) is 6.21. The van der Waals surface area contributed by atoms with Gasteiger partial charge in [-0.25, -0.2) is 0 Å². The summed E-state index contributed by atoms with van der Waals surface area (Å²) in [7, 11) is 1.61. The summed E-state index contributed by atoms with van der Waals surface area (Å²) in [5.74, 6) is 0.338. The topological polar surface area (TPSA) is 35.5 Å². The average molecular weight is 254 g/mol. The third-order valence-corrected chi connectivity index (χ3v) is 3.26. The second kappa shape index (κ2) is 4.86. The fourth-order valence-electron chi connectivity index (χ4n) is 2.33. The highest BCUT2D eigenvalue weighted by atomic mass is 16.5. The van der Waals surface area contributed by atoms with Crippen LogP contribution < -0.4 is 0 Å². The van der Waals surface area contributed by atoms with Gasteiger partial charge in [0.2, 0.25) is 5.78 Å². The summed E-state index contributed by atoms with van der Waals surface area (Å²) in [5, 5.41) is 0. The Labute approximate surface area is 111 Å². The number of hydrogen-bond acceptors (Lipinski definition) is 3. The average Bonchev–Trinajstić information content (AvgIpc) is 2.81. The normalized spacial score (nSPS) is 16.3. The molecular formula is C16H14O3. The highest BCUT2D eigenvalue weighted by molar-refractivity contribution is 6.25. The molecule has 0 spiro atoms. The van der Waals surface area contributed by atoms with Gasteiger partial charge in [0.15, 0.2) is 5.76 Å². The molecule has 19 heavy (non-hydrogen) atoms. The highest BCUT2D eigenvalue weighted by Crippen LogP contribution is 2.39. The van der Waals surface area contributed by atoms with E-state index in [0.29, 0.717) is 19.0 Å². The zero-order valence-corrected chi connectivity index (χ0v) is 10.7. The molecule has 0 saturated carbocycles. The summed E-state index contributed by atoms with van der Waals surface area (Å²) >= 11 is 0. The summed E-state index contributed by atoms with van der Waals surface area (Å²) < 4.78 is 10.4. The number of carbonyl (C=O) groups is 1. The van der Waals surface area contributed by atoms with Crippen molar-refractivity contribution in [2.24, 2.45) is 0 Å². The van der Waals surface area contributed by atoms with Crippen LogP contribution in [0.1, 0.15) is 11.1 Å². The molecule has 1 aromatic carbocycles. The first-order chi connectivity index (χ1) is 9.31. The maximum absolute atomic E-state index is 12.3. The van der Waals surface area contributed by atoms with E-state index < -0.39 is 0 Å². The predicted molar refractivity (Wildman–Crippen MR) is 73.3 cm³/mol. The standard InChI is InChI=1S/C16H14O3/c1-18-8-9-19-15-7-6-13-12-5-3-2-4-11(12)10-14(13)16(15)17/h2-7,10H,8-9H2,1H3. The van der Waals surface area contributed by atoms with Gasteiger partial charge in [-0.1, -0.05) is 24.3 Å². The van der Waals surface area contributed by atoms with Gasteiger partial charge in [0, 0.05) is 12.7 Å². The lowest BCUT2D eigenvalue weighted by Gasteiger charge is -2.14. The lowest BCUT2D eigenvalue weighted by Crippen LogP contribution is -2.14. The summed E-state index contributed by atoms with van der Waals surface area (Å²) in [6.07, 6.45) is 5.62. The Bertz CT molecular complexity index is 621. The molecule has 3 heteroatoms. The third kappa shape index (κ3) is 2.02. The maximum Gasteiger partial charge on any atom is 0.228 e. The van der Waals surface area contributed by atoms with Crippen molar-refractivity contribution in [1.29, 1.82) is 0 Å². The summed E-state index contributed by atoms with van der Waals surface area (Å²) in [6, 6.07) is 8.00. The summed E-state index contributed by atoms with van der Waals surface area (Å²) in [4.78, 5) is 12.3. The zero-order valence-electron chi connectivity index (χ0n) is 10.7. The smallest absolute Gasteiger partial charge is 0.228 e. The highest BCUT2D eigenvalue weighted by Gasteiger charge is 2.29. The molecule has 0 unspecified atom stereocenters. The van der Waals surface area contributed by atoms with Crippen LogP contribution in [-0.2, 0) is 14.3 Å². The van der Waals surface area contributed by atoms with E-state index >= 15 is 0 Å². The van der Waals surface area contributed by atoms with Crippen LogP contribution in [0.2, 0.25) is 0 Å². The van der Waals surface area contributed by atoms with Gasteiger partial charge in [0.25, 0.3) is 0 Å². The monoisotopic (exact) mass is 254 g/mol. The first-order valence-corrected chi connectivity index (χ1v) is 6.21. The van der Waals surface area contributed by atoms with Gasteiger partial charge in [-0.15, -0.1) is 0 Å². The Morgan fingerprint density at radius 1 is 1.05 bits per heavy atom. The van der Waals surface area contributed by atoms with Crippen LogP contribution in [0.5, 0.6) is 0 Å². The lowest BCUT2D eigenvalue weighted by atomic mass is 9.95. The molecule has 96 valence electrons. The molecular weight excluding hydrogens is 240 g/mol. The second-order valence-electron chi connectivity index (χ2n) is 4.43. The fourth-order valence-corrected chi connectivity index (χ4v) is 2.33. The zero-order chi connectivity index (χ0) is 13.2. The maximum atomic E-state index is 12.3. The van der Waals surface area contributed by atoms with E-state index in [2.05, 4.69) is 0 Å². The molecule has 2 aliphatic carbocycles. The Kier molecular flexibility index (Phi) is 3.05. The minimum Gasteiger partial charge on any atom is -0.487 e. The van der Waals surface area contributed by atoms with Crippen molar-refractivity contribution >= 4 is 17.4 Å². The number of ether oxygens (including phenoxy) is 2. The molecule has 0 aromatic heterocycles. The minimum atomic E-state index is -0.0511. The van der Waals surface area contributed by atoms with Crippen LogP contribution >= 0.6 is 0 Å². The van der Waals surface area contributed by atoms with Gasteiger partial charge in [-0.3, -0.25) is 4.79 Å². The van der Waals surface area contributed by atoms with E-state index in [4.69, 9.17) is 9.47 Å². The SMILES string of the molecule is COCCOC1=CC=C2C(=Cc3ccccc32)C1=O. The number of methoxy groups -OCH3 is 1. The first kappa shape index (κ1) is 11.9. The molecule has 0 bridgehead atoms. The molecule has 0 amide bonds. The number of allylic oxidation sites excluding steroid dienone is 4. The van der Waals surface area contributed by atoms with E-state index in [1.54, 1.807) is 13.2 Å². The molecule has 2 aliphatic rings. The molecule has 0 radical (unpaired) electrons. The Balaban J connectivity index is 1.89. The van der Waals surface area contributed by atoms with Crippen molar-refractivity contribution in [2.45, 2.75) is 0 Å². The molecule has 0 aliphatic heterocycles. The summed E-state index contributed by atoms with van der Waals surface area (Å²) in [6.45, 7) is 0.859. The second-order valence-corrected chi connectivity index (χ2v) is 4.43. The number of hydrogen-bond donors (Lipinski definition) is 0. The minimum absolute atomic E-state index is 0.0511. The van der Waals surface area contributed by atoms with Crippen LogP contribution in [0.15, 0.2) is 47.7 Å². The van der Waals surface area contributed by atoms with Gasteiger partial charge in [0.05, 0.1) is 6.61 Å². The van der Waals surface area contributed by atoms with E-state index in [9.17, 15) is 4.79 Å². The van der Waals surface area contributed by atoms with E-state index in [-0.39, 0.29) is 5.78 Å². The fraction of sp³-hybridized carbons (Fsp3) is 0.188. The van der Waals surface area contributed by atoms with E-state index in [1.165, 1.54) is 0 Å². The predicted octanol–water partition coefficient (Wildman–Crippen LogP) is 2.60. The molecule has 0 N–H and O–H groups in total. The number of fused-ring (bicyclic) bond motifs is 3. The number of rotatable bonds is 4. The number of Topliss-reactive ketones (excluding diaryl/α,β-unsaturated/α-hetero) is 1. The number of benzene rings is 1. The lowest BCUT2D eigenvalue weighted by molar-refractivity contribution is -0.115. The molecule has 0 heterocycles. The van der Waals surface area contributed by atoms with Crippen molar-refractivity contribution in [3.8, 4) is 0 Å². The van der Waals surface area contributed by atoms with Gasteiger partial charge in [0.1, 0.15) is 6.61 Å². The van der Waals surface area contributed by atoms with Crippen LogP contribution in [0.4, 0.5) is 0 Å². The molecule has 1 aromatic rings. The van der Waals surface area contributed by atoms with E-state index in [0.717, 1.165) is 22.3 Å². The molecule has 3 rings (SSSR count). The Morgan fingerprint density at radius 2 is 1.89 bits per heavy atom.